The Bertz CT molecular complexity index is 2980. The van der Waals surface area contributed by atoms with Gasteiger partial charge in [-0.1, -0.05) is 133 Å². The quantitative estimate of drug-likeness (QED) is 0.170. The molecule has 3 heteroatoms. The van der Waals surface area contributed by atoms with Gasteiger partial charge in [-0.25, -0.2) is 9.97 Å². The first kappa shape index (κ1) is 30.7. The number of fused-ring (bicyclic) bond motifs is 8. The average Bonchev–Trinajstić information content (AvgIpc) is 3.74. The molecule has 5 aliphatic rings. The molecule has 1 spiro atoms. The van der Waals surface area contributed by atoms with Gasteiger partial charge < -0.3 is 0 Å². The Kier molecular flexibility index (Phi) is 6.25. The molecule has 2 nitrogen and oxygen atoms in total. The van der Waals surface area contributed by atoms with Crippen LogP contribution in [0.25, 0.3) is 86.7 Å². The van der Waals surface area contributed by atoms with E-state index in [1.807, 2.05) is 0 Å². The Morgan fingerprint density at radius 2 is 1.04 bits per heavy atom. The highest BCUT2D eigenvalue weighted by atomic mass is 32.1. The van der Waals surface area contributed by atoms with Crippen LogP contribution in [0.1, 0.15) is 43.2 Å². The molecular formula is C52H38N2S. The molecule has 4 saturated carbocycles. The molecule has 14 rings (SSSR count). The van der Waals surface area contributed by atoms with Crippen LogP contribution in [-0.4, -0.2) is 9.97 Å². The van der Waals surface area contributed by atoms with E-state index in [9.17, 15) is 0 Å². The van der Waals surface area contributed by atoms with E-state index in [1.54, 1.807) is 22.5 Å². The second-order valence-electron chi connectivity index (χ2n) is 16.9. The van der Waals surface area contributed by atoms with E-state index in [-0.39, 0.29) is 5.41 Å². The normalized spacial score (nSPS) is 23.3. The summed E-state index contributed by atoms with van der Waals surface area (Å²) in [5, 5.41) is 6.14. The van der Waals surface area contributed by atoms with Crippen molar-refractivity contribution in [2.45, 2.75) is 37.5 Å². The van der Waals surface area contributed by atoms with Crippen molar-refractivity contribution in [2.24, 2.45) is 23.7 Å². The Labute approximate surface area is 324 Å². The lowest BCUT2D eigenvalue weighted by Crippen LogP contribution is -2.55. The number of rotatable bonds is 3. The molecule has 55 heavy (non-hydrogen) atoms. The average molecular weight is 723 g/mol. The van der Waals surface area contributed by atoms with E-state index < -0.39 is 0 Å². The fourth-order valence-electron chi connectivity index (χ4n) is 12.5. The molecule has 5 aliphatic carbocycles. The third kappa shape index (κ3) is 4.09. The van der Waals surface area contributed by atoms with Gasteiger partial charge in [0.25, 0.3) is 0 Å². The number of hydrogen-bond donors (Lipinski definition) is 0. The predicted molar refractivity (Wildman–Crippen MR) is 230 cm³/mol. The van der Waals surface area contributed by atoms with Crippen molar-refractivity contribution in [1.82, 2.24) is 9.97 Å². The fraction of sp³-hybridized carbons (Fsp3) is 0.192. The Morgan fingerprint density at radius 1 is 0.455 bits per heavy atom. The minimum atomic E-state index is 0.126. The van der Waals surface area contributed by atoms with Crippen LogP contribution < -0.4 is 0 Å². The van der Waals surface area contributed by atoms with Gasteiger partial charge in [0, 0.05) is 26.6 Å². The van der Waals surface area contributed by atoms with Crippen LogP contribution in [0.2, 0.25) is 0 Å². The highest BCUT2D eigenvalue weighted by Gasteiger charge is 2.61. The highest BCUT2D eigenvalue weighted by molar-refractivity contribution is 7.25. The van der Waals surface area contributed by atoms with Gasteiger partial charge in [-0.2, -0.15) is 0 Å². The first-order valence-electron chi connectivity index (χ1n) is 20.2. The van der Waals surface area contributed by atoms with Gasteiger partial charge in [0.15, 0.2) is 0 Å². The van der Waals surface area contributed by atoms with Crippen LogP contribution >= 0.6 is 11.3 Å². The molecule has 0 atom stereocenters. The van der Waals surface area contributed by atoms with Crippen molar-refractivity contribution in [3.05, 3.63) is 157 Å². The Balaban J connectivity index is 1.09. The van der Waals surface area contributed by atoms with E-state index in [4.69, 9.17) is 9.97 Å². The van der Waals surface area contributed by atoms with Crippen LogP contribution in [0.15, 0.2) is 146 Å². The van der Waals surface area contributed by atoms with Gasteiger partial charge >= 0.3 is 0 Å². The van der Waals surface area contributed by atoms with Gasteiger partial charge in [-0.15, -0.1) is 11.3 Å². The number of nitrogens with zero attached hydrogens (tertiary/aromatic N) is 2. The van der Waals surface area contributed by atoms with Crippen molar-refractivity contribution in [2.75, 3.05) is 0 Å². The molecule has 0 aliphatic heterocycles. The molecule has 0 amide bonds. The van der Waals surface area contributed by atoms with Gasteiger partial charge in [0.05, 0.1) is 11.4 Å². The molecule has 7 aromatic carbocycles. The summed E-state index contributed by atoms with van der Waals surface area (Å²) < 4.78 is 1.22. The van der Waals surface area contributed by atoms with E-state index >= 15 is 0 Å². The van der Waals surface area contributed by atoms with E-state index in [0.717, 1.165) is 56.5 Å². The van der Waals surface area contributed by atoms with E-state index in [2.05, 4.69) is 146 Å². The summed E-state index contributed by atoms with van der Waals surface area (Å²) in [5.74, 6) is 3.30. The maximum absolute atomic E-state index is 5.59. The zero-order valence-electron chi connectivity index (χ0n) is 30.5. The maximum Gasteiger partial charge on any atom is 0.143 e. The molecule has 0 saturated heterocycles. The molecule has 9 aromatic rings. The van der Waals surface area contributed by atoms with Crippen molar-refractivity contribution in [1.29, 1.82) is 0 Å². The second kappa shape index (κ2) is 11.2. The number of benzene rings is 7. The lowest BCUT2D eigenvalue weighted by Gasteiger charge is -2.61. The molecule has 0 unspecified atom stereocenters. The summed E-state index contributed by atoms with van der Waals surface area (Å²) in [6.07, 6.45) is 7.02. The number of hydrogen-bond acceptors (Lipinski definition) is 3. The Morgan fingerprint density at radius 3 is 1.75 bits per heavy atom. The number of thiophene rings is 1. The van der Waals surface area contributed by atoms with Gasteiger partial charge in [0.1, 0.15) is 10.3 Å². The molecule has 4 bridgehead atoms. The van der Waals surface area contributed by atoms with Gasteiger partial charge in [-0.05, 0) is 123 Å². The summed E-state index contributed by atoms with van der Waals surface area (Å²) in [7, 11) is 0. The first-order chi connectivity index (χ1) is 27.2. The molecule has 0 radical (unpaired) electrons. The lowest BCUT2D eigenvalue weighted by atomic mass is 9.43. The molecule has 262 valence electrons. The van der Waals surface area contributed by atoms with E-state index in [0.29, 0.717) is 0 Å². The second-order valence-corrected chi connectivity index (χ2v) is 17.9. The van der Waals surface area contributed by atoms with Gasteiger partial charge in [-0.3, -0.25) is 0 Å². The zero-order chi connectivity index (χ0) is 35.8. The minimum absolute atomic E-state index is 0.126. The molecular weight excluding hydrogens is 685 g/mol. The highest BCUT2D eigenvalue weighted by Crippen LogP contribution is 2.69. The molecule has 0 N–H and O–H groups in total. The summed E-state index contributed by atoms with van der Waals surface area (Å²) in [4.78, 5) is 12.1. The van der Waals surface area contributed by atoms with Crippen molar-refractivity contribution in [3.63, 3.8) is 0 Å². The first-order valence-corrected chi connectivity index (χ1v) is 21.0. The zero-order valence-corrected chi connectivity index (χ0v) is 31.3. The summed E-state index contributed by atoms with van der Waals surface area (Å²) >= 11 is 1.74. The molecule has 2 heterocycles. The fourth-order valence-corrected chi connectivity index (χ4v) is 13.5. The van der Waals surface area contributed by atoms with Crippen LogP contribution in [0, 0.1) is 23.7 Å². The summed E-state index contributed by atoms with van der Waals surface area (Å²) in [6, 6.07) is 54.4. The molecule has 4 fully saturated rings. The van der Waals surface area contributed by atoms with Gasteiger partial charge in [0.2, 0.25) is 0 Å². The molecule has 2 aromatic heterocycles. The van der Waals surface area contributed by atoms with E-state index in [1.165, 1.54) is 86.0 Å². The SMILES string of the molecule is c1ccc(-c2nc3c(nc2-c2c4ccccc4c(-c4ccc5c(c4)C4(c6ccccc6-5)C5CC6CC(C5)CC4C6)c4ccccc24)sc2ccccc23)cc1. The lowest BCUT2D eigenvalue weighted by molar-refractivity contribution is -0.0399. The van der Waals surface area contributed by atoms with Crippen molar-refractivity contribution >= 4 is 53.3 Å². The third-order valence-electron chi connectivity index (χ3n) is 14.3. The van der Waals surface area contributed by atoms with Crippen molar-refractivity contribution in [3.8, 4) is 44.8 Å². The third-order valence-corrected chi connectivity index (χ3v) is 15.3. The summed E-state index contributed by atoms with van der Waals surface area (Å²) in [5.41, 5.74) is 14.0. The maximum atomic E-state index is 5.59. The van der Waals surface area contributed by atoms with Crippen molar-refractivity contribution < 1.29 is 0 Å². The smallest absolute Gasteiger partial charge is 0.143 e. The standard InChI is InChI=1S/C52H38N2S/c1-2-12-32(13-3-1)48-50(54-51-49(53-48)42-19-9-11-21-45(42)55-51)47-40-17-6-4-15-38(40)46(39-16-5-7-18-41(39)47)33-22-23-37-36-14-8-10-20-43(36)52(44(37)29-33)34-25-30-24-31(27-34)28-35(52)26-30/h1-23,29-31,34-35H,24-28H2. The number of aromatic nitrogens is 2. The monoisotopic (exact) mass is 722 g/mol. The predicted octanol–water partition coefficient (Wildman–Crippen LogP) is 13.9. The largest absolute Gasteiger partial charge is 0.242 e. The van der Waals surface area contributed by atoms with Crippen LogP contribution in [0.4, 0.5) is 0 Å². The summed E-state index contributed by atoms with van der Waals surface area (Å²) in [6.45, 7) is 0. The topological polar surface area (TPSA) is 25.8 Å². The Hall–Kier alpha value is -5.64. The van der Waals surface area contributed by atoms with Crippen LogP contribution in [0.5, 0.6) is 0 Å². The minimum Gasteiger partial charge on any atom is -0.242 e. The van der Waals surface area contributed by atoms with Crippen LogP contribution in [-0.2, 0) is 5.41 Å². The van der Waals surface area contributed by atoms with Crippen LogP contribution in [0.3, 0.4) is 0 Å².